The summed E-state index contributed by atoms with van der Waals surface area (Å²) in [7, 11) is 0. The van der Waals surface area contributed by atoms with Crippen molar-refractivity contribution in [3.63, 3.8) is 0 Å². The first-order valence-electron chi connectivity index (χ1n) is 1.58. The Morgan fingerprint density at radius 2 is 1.57 bits per heavy atom. The predicted octanol–water partition coefficient (Wildman–Crippen LogP) is -1.31. The van der Waals surface area contributed by atoms with Crippen molar-refractivity contribution >= 4 is 8.41 Å². The van der Waals surface area contributed by atoms with E-state index in [1.807, 2.05) is 0 Å². The summed E-state index contributed by atoms with van der Waals surface area (Å²) in [5.74, 6) is 0. The molecule has 0 aromatic carbocycles. The van der Waals surface area contributed by atoms with Gasteiger partial charge in [0.25, 0.3) is 0 Å². The lowest BCUT2D eigenvalue weighted by atomic mass is 10.7. The second-order valence-corrected chi connectivity index (χ2v) is 0.811. The zero-order valence-electron chi connectivity index (χ0n) is 3.07. The number of hydrogen-bond donors (Lipinski definition) is 0. The summed E-state index contributed by atoms with van der Waals surface area (Å²) in [6.07, 6.45) is 3.15. The van der Waals surface area contributed by atoms with E-state index in [1.165, 1.54) is 0 Å². The number of rotatable bonds is 0. The molecule has 1 aromatic rings. The van der Waals surface area contributed by atoms with E-state index in [0.717, 1.165) is 0 Å². The lowest BCUT2D eigenvalue weighted by Crippen LogP contribution is -1.78. The second kappa shape index (κ2) is 3.27. The molecule has 0 aliphatic rings. The summed E-state index contributed by atoms with van der Waals surface area (Å²) in [6.45, 7) is 0. The molecule has 0 saturated carbocycles. The van der Waals surface area contributed by atoms with Crippen molar-refractivity contribution in [1.82, 2.24) is 15.4 Å². The maximum Gasteiger partial charge on any atom is 0.0814 e. The van der Waals surface area contributed by atoms with Crippen LogP contribution in [0, 0.1) is 0 Å². The molecule has 0 spiro atoms. The van der Waals surface area contributed by atoms with E-state index in [1.54, 1.807) is 18.5 Å². The Kier molecular flexibility index (Phi) is 2.84. The Balaban J connectivity index is 0.000000360. The molecule has 0 saturated heterocycles. The highest BCUT2D eigenvalue weighted by atomic mass is 15.3. The van der Waals surface area contributed by atoms with E-state index in [2.05, 4.69) is 15.4 Å². The van der Waals surface area contributed by atoms with Crippen molar-refractivity contribution in [2.24, 2.45) is 0 Å². The van der Waals surface area contributed by atoms with Crippen LogP contribution in [0.1, 0.15) is 0 Å². The molecular weight excluding hydrogens is 88.9 g/mol. The van der Waals surface area contributed by atoms with E-state index in [4.69, 9.17) is 0 Å². The first kappa shape index (κ1) is 6.07. The Morgan fingerprint density at radius 1 is 1.00 bits per heavy atom. The predicted molar refractivity (Wildman–Crippen MR) is 29.8 cm³/mol. The van der Waals surface area contributed by atoms with Gasteiger partial charge in [0.2, 0.25) is 0 Å². The average molecular weight is 94.9 g/mol. The average Bonchev–Trinajstić information content (AvgIpc) is 1.72. The van der Waals surface area contributed by atoms with Crippen molar-refractivity contribution in [2.45, 2.75) is 0 Å². The highest BCUT2D eigenvalue weighted by Gasteiger charge is 1.60. The lowest BCUT2D eigenvalue weighted by Gasteiger charge is -1.68. The van der Waals surface area contributed by atoms with Crippen LogP contribution in [0.25, 0.3) is 0 Å². The summed E-state index contributed by atoms with van der Waals surface area (Å²) >= 11 is 0. The molecule has 0 aliphatic carbocycles. The van der Waals surface area contributed by atoms with Crippen LogP contribution >= 0.6 is 0 Å². The van der Waals surface area contributed by atoms with E-state index < -0.39 is 0 Å². The standard InChI is InChI=1S/C3H3N3.BH3/c1-2-4-6-5-3-1;/h1-3H;1H3. The minimum Gasteiger partial charge on any atom is -0.139 e. The topological polar surface area (TPSA) is 38.7 Å². The maximum atomic E-state index is 3.42. The van der Waals surface area contributed by atoms with Crippen LogP contribution in [-0.2, 0) is 0 Å². The third-order valence-corrected chi connectivity index (χ3v) is 0.409. The minimum atomic E-state index is 0. The number of nitrogens with zero attached hydrogens (tertiary/aromatic N) is 3. The quantitative estimate of drug-likeness (QED) is 0.375. The smallest absolute Gasteiger partial charge is 0.0814 e. The van der Waals surface area contributed by atoms with Crippen molar-refractivity contribution in [1.29, 1.82) is 0 Å². The van der Waals surface area contributed by atoms with Gasteiger partial charge in [-0.25, -0.2) is 0 Å². The molecule has 7 heavy (non-hydrogen) atoms. The molecule has 4 heteroatoms. The summed E-state index contributed by atoms with van der Waals surface area (Å²) in [6, 6.07) is 1.72. The van der Waals surface area contributed by atoms with Gasteiger partial charge < -0.3 is 0 Å². The van der Waals surface area contributed by atoms with Gasteiger partial charge in [-0.2, -0.15) is 0 Å². The van der Waals surface area contributed by atoms with Gasteiger partial charge in [-0.3, -0.25) is 0 Å². The molecular formula is C3H6BN3. The maximum absolute atomic E-state index is 3.42. The highest BCUT2D eigenvalue weighted by molar-refractivity contribution is 5.75. The Labute approximate surface area is 43.3 Å². The van der Waals surface area contributed by atoms with Crippen LogP contribution in [0.5, 0.6) is 0 Å². The van der Waals surface area contributed by atoms with Gasteiger partial charge in [0.05, 0.1) is 20.8 Å². The lowest BCUT2D eigenvalue weighted by molar-refractivity contribution is 0.865. The van der Waals surface area contributed by atoms with Gasteiger partial charge >= 0.3 is 0 Å². The molecule has 0 fully saturated rings. The number of hydrogen-bond acceptors (Lipinski definition) is 3. The molecule has 0 N–H and O–H groups in total. The van der Waals surface area contributed by atoms with Crippen LogP contribution < -0.4 is 0 Å². The SMILES string of the molecule is B.c1cnnnc1. The van der Waals surface area contributed by atoms with Crippen LogP contribution in [-0.4, -0.2) is 23.8 Å². The molecule has 3 nitrogen and oxygen atoms in total. The molecule has 0 bridgehead atoms. The van der Waals surface area contributed by atoms with Crippen LogP contribution in [0.15, 0.2) is 18.5 Å². The van der Waals surface area contributed by atoms with Gasteiger partial charge in [0, 0.05) is 0 Å². The van der Waals surface area contributed by atoms with Gasteiger partial charge in [0.1, 0.15) is 0 Å². The fourth-order valence-electron chi connectivity index (χ4n) is 0.205. The zero-order chi connectivity index (χ0) is 4.24. The van der Waals surface area contributed by atoms with Crippen molar-refractivity contribution in [2.75, 3.05) is 0 Å². The van der Waals surface area contributed by atoms with Crippen molar-refractivity contribution < 1.29 is 0 Å². The van der Waals surface area contributed by atoms with Gasteiger partial charge in [-0.15, -0.1) is 10.2 Å². The third kappa shape index (κ3) is 1.86. The van der Waals surface area contributed by atoms with Crippen LogP contribution in [0.4, 0.5) is 0 Å². The zero-order valence-corrected chi connectivity index (χ0v) is 3.07. The molecule has 1 rings (SSSR count). The fourth-order valence-corrected chi connectivity index (χ4v) is 0.205. The molecule has 36 valence electrons. The van der Waals surface area contributed by atoms with E-state index in [0.29, 0.717) is 0 Å². The molecule has 1 heterocycles. The van der Waals surface area contributed by atoms with E-state index >= 15 is 0 Å². The van der Waals surface area contributed by atoms with Crippen LogP contribution in [0.2, 0.25) is 0 Å². The second-order valence-electron chi connectivity index (χ2n) is 0.811. The first-order chi connectivity index (χ1) is 3.00. The summed E-state index contributed by atoms with van der Waals surface area (Å²) in [5.41, 5.74) is 0. The minimum absolute atomic E-state index is 0. The van der Waals surface area contributed by atoms with E-state index in [-0.39, 0.29) is 8.41 Å². The largest absolute Gasteiger partial charge is 0.139 e. The number of aromatic nitrogens is 3. The molecule has 0 radical (unpaired) electrons. The molecule has 1 aromatic heterocycles. The fraction of sp³-hybridized carbons (Fsp3) is 0. The Hall–Kier alpha value is -0.925. The normalized spacial score (nSPS) is 6.86. The van der Waals surface area contributed by atoms with Crippen molar-refractivity contribution in [3.8, 4) is 0 Å². The Morgan fingerprint density at radius 3 is 1.71 bits per heavy atom. The molecule has 0 unspecified atom stereocenters. The summed E-state index contributed by atoms with van der Waals surface area (Å²) < 4.78 is 0. The van der Waals surface area contributed by atoms with Gasteiger partial charge in [-0.05, 0) is 11.3 Å². The molecule has 0 amide bonds. The summed E-state index contributed by atoms with van der Waals surface area (Å²) in [5, 5.41) is 10.1. The van der Waals surface area contributed by atoms with E-state index in [9.17, 15) is 0 Å². The summed E-state index contributed by atoms with van der Waals surface area (Å²) in [4.78, 5) is 0. The van der Waals surface area contributed by atoms with Gasteiger partial charge in [-0.1, -0.05) is 0 Å². The Bertz CT molecular complexity index is 82.1. The van der Waals surface area contributed by atoms with Crippen molar-refractivity contribution in [3.05, 3.63) is 18.5 Å². The molecule has 0 atom stereocenters. The van der Waals surface area contributed by atoms with Crippen LogP contribution in [0.3, 0.4) is 0 Å². The first-order valence-corrected chi connectivity index (χ1v) is 1.58. The highest BCUT2D eigenvalue weighted by Crippen LogP contribution is 1.61. The molecule has 0 aliphatic heterocycles. The third-order valence-electron chi connectivity index (χ3n) is 0.409. The van der Waals surface area contributed by atoms with Gasteiger partial charge in [0.15, 0.2) is 0 Å². The monoisotopic (exact) mass is 95.1 g/mol.